The maximum absolute atomic E-state index is 3.81. The van der Waals surface area contributed by atoms with Crippen molar-refractivity contribution in [3.05, 3.63) is 47.5 Å². The Morgan fingerprint density at radius 2 is 1.86 bits per heavy atom. The SMILES string of the molecule is C=CCC(C)(C)c1ccc(C)c(C)c1. The van der Waals surface area contributed by atoms with Gasteiger partial charge in [-0.15, -0.1) is 6.58 Å². The maximum atomic E-state index is 3.81. The molecule has 0 aliphatic rings. The van der Waals surface area contributed by atoms with Crippen molar-refractivity contribution >= 4 is 0 Å². The van der Waals surface area contributed by atoms with Gasteiger partial charge >= 0.3 is 0 Å². The predicted octanol–water partition coefficient (Wildman–Crippen LogP) is 4.16. The Morgan fingerprint density at radius 1 is 1.21 bits per heavy atom. The molecule has 0 unspecified atom stereocenters. The second-order valence-electron chi connectivity index (χ2n) is 4.68. The molecule has 0 saturated heterocycles. The van der Waals surface area contributed by atoms with Gasteiger partial charge in [-0.3, -0.25) is 0 Å². The van der Waals surface area contributed by atoms with Crippen molar-refractivity contribution in [2.24, 2.45) is 0 Å². The zero-order valence-electron chi connectivity index (χ0n) is 9.72. The molecule has 76 valence electrons. The van der Waals surface area contributed by atoms with Crippen molar-refractivity contribution in [3.8, 4) is 0 Å². The van der Waals surface area contributed by atoms with Gasteiger partial charge < -0.3 is 0 Å². The summed E-state index contributed by atoms with van der Waals surface area (Å²) in [4.78, 5) is 0. The van der Waals surface area contributed by atoms with Crippen LogP contribution in [0.3, 0.4) is 0 Å². The van der Waals surface area contributed by atoms with Crippen LogP contribution in [0.5, 0.6) is 0 Å². The number of benzene rings is 1. The highest BCUT2D eigenvalue weighted by Gasteiger charge is 2.18. The minimum atomic E-state index is 0.209. The molecule has 0 atom stereocenters. The molecule has 0 aliphatic heterocycles. The van der Waals surface area contributed by atoms with Crippen LogP contribution >= 0.6 is 0 Å². The molecule has 0 aromatic heterocycles. The molecule has 1 aromatic carbocycles. The molecule has 0 spiro atoms. The molecule has 0 heteroatoms. The van der Waals surface area contributed by atoms with Gasteiger partial charge in [-0.2, -0.15) is 0 Å². The molecule has 0 amide bonds. The summed E-state index contributed by atoms with van der Waals surface area (Å²) in [6, 6.07) is 6.72. The molecule has 0 bridgehead atoms. The fourth-order valence-corrected chi connectivity index (χ4v) is 1.64. The minimum Gasteiger partial charge on any atom is -0.103 e. The molecule has 14 heavy (non-hydrogen) atoms. The summed E-state index contributed by atoms with van der Waals surface area (Å²) in [6.45, 7) is 12.7. The third-order valence-electron chi connectivity index (χ3n) is 2.94. The van der Waals surface area contributed by atoms with E-state index in [1.807, 2.05) is 6.08 Å². The van der Waals surface area contributed by atoms with Crippen LogP contribution in [-0.2, 0) is 5.41 Å². The maximum Gasteiger partial charge on any atom is -0.00691 e. The summed E-state index contributed by atoms with van der Waals surface area (Å²) in [5, 5.41) is 0. The van der Waals surface area contributed by atoms with Gasteiger partial charge in [-0.1, -0.05) is 38.1 Å². The minimum absolute atomic E-state index is 0.209. The van der Waals surface area contributed by atoms with Gasteiger partial charge in [0.15, 0.2) is 0 Å². The van der Waals surface area contributed by atoms with E-state index in [9.17, 15) is 0 Å². The van der Waals surface area contributed by atoms with Gasteiger partial charge in [-0.05, 0) is 42.4 Å². The van der Waals surface area contributed by atoms with Crippen LogP contribution in [0.2, 0.25) is 0 Å². The monoisotopic (exact) mass is 188 g/mol. The van der Waals surface area contributed by atoms with Crippen molar-refractivity contribution in [1.29, 1.82) is 0 Å². The van der Waals surface area contributed by atoms with Crippen molar-refractivity contribution in [2.75, 3.05) is 0 Å². The molecule has 1 aromatic rings. The van der Waals surface area contributed by atoms with Crippen molar-refractivity contribution in [1.82, 2.24) is 0 Å². The summed E-state index contributed by atoms with van der Waals surface area (Å²) in [6.07, 6.45) is 3.02. The molecule has 0 radical (unpaired) electrons. The lowest BCUT2D eigenvalue weighted by Gasteiger charge is -2.24. The first-order chi connectivity index (χ1) is 6.47. The second-order valence-corrected chi connectivity index (χ2v) is 4.68. The summed E-state index contributed by atoms with van der Waals surface area (Å²) in [5.74, 6) is 0. The Kier molecular flexibility index (Phi) is 3.15. The molecular weight excluding hydrogens is 168 g/mol. The molecule has 0 heterocycles. The van der Waals surface area contributed by atoms with E-state index < -0.39 is 0 Å². The van der Waals surface area contributed by atoms with Crippen LogP contribution in [0.15, 0.2) is 30.9 Å². The van der Waals surface area contributed by atoms with E-state index >= 15 is 0 Å². The van der Waals surface area contributed by atoms with Crippen LogP contribution in [0, 0.1) is 13.8 Å². The van der Waals surface area contributed by atoms with Gasteiger partial charge in [0, 0.05) is 0 Å². The molecule has 0 N–H and O–H groups in total. The van der Waals surface area contributed by atoms with Crippen LogP contribution in [-0.4, -0.2) is 0 Å². The normalized spacial score (nSPS) is 11.4. The van der Waals surface area contributed by atoms with Gasteiger partial charge in [0.2, 0.25) is 0 Å². The van der Waals surface area contributed by atoms with E-state index in [0.29, 0.717) is 0 Å². The van der Waals surface area contributed by atoms with E-state index in [-0.39, 0.29) is 5.41 Å². The second kappa shape index (κ2) is 4.00. The smallest absolute Gasteiger partial charge is 0.00691 e. The fraction of sp³-hybridized carbons (Fsp3) is 0.429. The van der Waals surface area contributed by atoms with Gasteiger partial charge in [0.1, 0.15) is 0 Å². The Balaban J connectivity index is 3.07. The number of hydrogen-bond acceptors (Lipinski definition) is 0. The molecule has 0 nitrogen and oxygen atoms in total. The molecule has 0 fully saturated rings. The lowest BCUT2D eigenvalue weighted by molar-refractivity contribution is 0.534. The third-order valence-corrected chi connectivity index (χ3v) is 2.94. The zero-order valence-corrected chi connectivity index (χ0v) is 9.72. The number of rotatable bonds is 3. The van der Waals surface area contributed by atoms with Crippen LogP contribution in [0.25, 0.3) is 0 Å². The number of aryl methyl sites for hydroxylation is 2. The van der Waals surface area contributed by atoms with Gasteiger partial charge in [0.05, 0.1) is 0 Å². The first kappa shape index (κ1) is 11.0. The lowest BCUT2D eigenvalue weighted by Crippen LogP contribution is -2.16. The van der Waals surface area contributed by atoms with E-state index in [0.717, 1.165) is 6.42 Å². The molecule has 0 saturated carbocycles. The highest BCUT2D eigenvalue weighted by molar-refractivity contribution is 5.34. The highest BCUT2D eigenvalue weighted by atomic mass is 14.2. The largest absolute Gasteiger partial charge is 0.103 e. The third kappa shape index (κ3) is 2.25. The standard InChI is InChI=1S/C14H20/c1-6-9-14(4,5)13-8-7-11(2)12(3)10-13/h6-8,10H,1,9H2,2-5H3. The molecule has 1 rings (SSSR count). The average Bonchev–Trinajstić information content (AvgIpc) is 2.09. The topological polar surface area (TPSA) is 0 Å². The lowest BCUT2D eigenvalue weighted by atomic mass is 9.80. The Morgan fingerprint density at radius 3 is 2.36 bits per heavy atom. The van der Waals surface area contributed by atoms with Crippen LogP contribution < -0.4 is 0 Å². The van der Waals surface area contributed by atoms with E-state index in [1.165, 1.54) is 16.7 Å². The number of allylic oxidation sites excluding steroid dienone is 1. The fourth-order valence-electron chi connectivity index (χ4n) is 1.64. The first-order valence-electron chi connectivity index (χ1n) is 5.16. The quantitative estimate of drug-likeness (QED) is 0.625. The van der Waals surface area contributed by atoms with Crippen LogP contribution in [0.1, 0.15) is 37.0 Å². The van der Waals surface area contributed by atoms with Crippen molar-refractivity contribution in [2.45, 2.75) is 39.5 Å². The van der Waals surface area contributed by atoms with Crippen molar-refractivity contribution < 1.29 is 0 Å². The van der Waals surface area contributed by atoms with Crippen LogP contribution in [0.4, 0.5) is 0 Å². The van der Waals surface area contributed by atoms with Gasteiger partial charge in [0.25, 0.3) is 0 Å². The predicted molar refractivity (Wildman–Crippen MR) is 63.8 cm³/mol. The van der Waals surface area contributed by atoms with Gasteiger partial charge in [-0.25, -0.2) is 0 Å². The summed E-state index contributed by atoms with van der Waals surface area (Å²) in [5.41, 5.74) is 4.35. The Labute approximate surface area is 87.7 Å². The Hall–Kier alpha value is -1.04. The zero-order chi connectivity index (χ0) is 10.8. The molecule has 0 aliphatic carbocycles. The summed E-state index contributed by atoms with van der Waals surface area (Å²) in [7, 11) is 0. The first-order valence-corrected chi connectivity index (χ1v) is 5.16. The number of hydrogen-bond donors (Lipinski definition) is 0. The molecular formula is C14H20. The van der Waals surface area contributed by atoms with E-state index in [4.69, 9.17) is 0 Å². The van der Waals surface area contributed by atoms with Crippen molar-refractivity contribution in [3.63, 3.8) is 0 Å². The average molecular weight is 188 g/mol. The summed E-state index contributed by atoms with van der Waals surface area (Å²) >= 11 is 0. The van der Waals surface area contributed by atoms with E-state index in [2.05, 4.69) is 52.5 Å². The summed E-state index contributed by atoms with van der Waals surface area (Å²) < 4.78 is 0. The van der Waals surface area contributed by atoms with E-state index in [1.54, 1.807) is 0 Å². The highest BCUT2D eigenvalue weighted by Crippen LogP contribution is 2.28. The Bertz CT molecular complexity index is 332.